The fraction of sp³-hybridized carbons (Fsp3) is 0.286. The highest BCUT2D eigenvalue weighted by Crippen LogP contribution is 2.28. The molecule has 18 heavy (non-hydrogen) atoms. The largest absolute Gasteiger partial charge is 0.443 e. The molecule has 0 amide bonds. The van der Waals surface area contributed by atoms with Crippen LogP contribution in [0.5, 0.6) is 0 Å². The fourth-order valence-electron chi connectivity index (χ4n) is 2.20. The molecule has 4 nitrogen and oxygen atoms in total. The molecule has 0 aliphatic rings. The lowest BCUT2D eigenvalue weighted by atomic mass is 10.1. The monoisotopic (exact) mass is 242 g/mol. The Morgan fingerprint density at radius 3 is 2.28 bits per heavy atom. The Morgan fingerprint density at radius 2 is 1.83 bits per heavy atom. The maximum absolute atomic E-state index is 11.6. The summed E-state index contributed by atoms with van der Waals surface area (Å²) in [6, 6.07) is 5.97. The minimum atomic E-state index is -0.151. The van der Waals surface area contributed by atoms with Crippen LogP contribution in [0.15, 0.2) is 16.5 Å². The van der Waals surface area contributed by atoms with Crippen LogP contribution in [-0.2, 0) is 0 Å². The number of aryl methyl sites for hydroxylation is 3. The second-order valence-electron chi connectivity index (χ2n) is 4.33. The van der Waals surface area contributed by atoms with Gasteiger partial charge in [-0.3, -0.25) is 9.36 Å². The van der Waals surface area contributed by atoms with Gasteiger partial charge in [-0.1, -0.05) is 0 Å². The minimum Gasteiger partial charge on any atom is -0.443 e. The number of aromatic nitrogens is 1. The molecule has 4 heteroatoms. The van der Waals surface area contributed by atoms with Gasteiger partial charge in [0.2, 0.25) is 5.88 Å². The molecule has 0 bridgehead atoms. The second kappa shape index (κ2) is 4.19. The van der Waals surface area contributed by atoms with E-state index < -0.39 is 0 Å². The molecule has 2 aromatic rings. The first kappa shape index (κ1) is 12.2. The van der Waals surface area contributed by atoms with Gasteiger partial charge in [0, 0.05) is 11.4 Å². The molecule has 0 saturated heterocycles. The number of carbonyl (C=O) groups excluding carboxylic acids is 1. The van der Waals surface area contributed by atoms with E-state index in [-0.39, 0.29) is 5.78 Å². The van der Waals surface area contributed by atoms with Crippen LogP contribution in [-0.4, -0.2) is 10.4 Å². The highest BCUT2D eigenvalue weighted by Gasteiger charge is 2.23. The molecule has 0 unspecified atom stereocenters. The molecule has 0 N–H and O–H groups in total. The zero-order chi connectivity index (χ0) is 13.4. The zero-order valence-electron chi connectivity index (χ0n) is 10.9. The summed E-state index contributed by atoms with van der Waals surface area (Å²) in [5.41, 5.74) is 2.61. The summed E-state index contributed by atoms with van der Waals surface area (Å²) in [5.74, 6) is 0.767. The minimum absolute atomic E-state index is 0.151. The Labute approximate surface area is 105 Å². The number of Topliss-reactive ketones (excluding diaryl/α,β-unsaturated/α-hetero) is 1. The van der Waals surface area contributed by atoms with Crippen LogP contribution < -0.4 is 0 Å². The molecular weight excluding hydrogens is 228 g/mol. The van der Waals surface area contributed by atoms with E-state index in [2.05, 4.69) is 6.07 Å². The van der Waals surface area contributed by atoms with Crippen LogP contribution in [0.1, 0.15) is 40.0 Å². The lowest BCUT2D eigenvalue weighted by molar-refractivity contribution is 0.101. The third-order valence-electron chi connectivity index (χ3n) is 3.00. The number of nitriles is 1. The van der Waals surface area contributed by atoms with Gasteiger partial charge in [-0.15, -0.1) is 0 Å². The van der Waals surface area contributed by atoms with E-state index in [0.29, 0.717) is 22.8 Å². The van der Waals surface area contributed by atoms with Crippen molar-refractivity contribution in [1.29, 1.82) is 5.26 Å². The van der Waals surface area contributed by atoms with Crippen molar-refractivity contribution in [1.82, 2.24) is 4.57 Å². The highest BCUT2D eigenvalue weighted by molar-refractivity contribution is 5.98. The molecule has 0 fully saturated rings. The summed E-state index contributed by atoms with van der Waals surface area (Å²) in [4.78, 5) is 11.6. The molecular formula is C14H14N2O2. The van der Waals surface area contributed by atoms with E-state index >= 15 is 0 Å². The number of hydrogen-bond acceptors (Lipinski definition) is 3. The van der Waals surface area contributed by atoms with Crippen molar-refractivity contribution < 1.29 is 9.21 Å². The number of hydrogen-bond donors (Lipinski definition) is 0. The van der Waals surface area contributed by atoms with Crippen molar-refractivity contribution in [2.24, 2.45) is 0 Å². The van der Waals surface area contributed by atoms with Gasteiger partial charge in [0.05, 0.1) is 5.56 Å². The molecule has 0 saturated carbocycles. The van der Waals surface area contributed by atoms with E-state index in [4.69, 9.17) is 4.42 Å². The molecule has 0 aliphatic heterocycles. The fourth-order valence-corrected chi connectivity index (χ4v) is 2.20. The van der Waals surface area contributed by atoms with Gasteiger partial charge in [0.1, 0.15) is 17.4 Å². The van der Waals surface area contributed by atoms with E-state index in [1.54, 1.807) is 6.92 Å². The third kappa shape index (κ3) is 1.65. The first-order valence-electron chi connectivity index (χ1n) is 5.67. The molecule has 2 heterocycles. The lowest BCUT2D eigenvalue weighted by Crippen LogP contribution is -2.01. The molecule has 0 radical (unpaired) electrons. The smallest absolute Gasteiger partial charge is 0.222 e. The predicted octanol–water partition coefficient (Wildman–Crippen LogP) is 3.07. The predicted molar refractivity (Wildman–Crippen MR) is 67.0 cm³/mol. The van der Waals surface area contributed by atoms with Gasteiger partial charge >= 0.3 is 0 Å². The molecule has 2 rings (SSSR count). The molecule has 92 valence electrons. The maximum Gasteiger partial charge on any atom is 0.222 e. The van der Waals surface area contributed by atoms with Crippen molar-refractivity contribution in [3.63, 3.8) is 0 Å². The molecule has 2 aromatic heterocycles. The molecule has 0 atom stereocenters. The highest BCUT2D eigenvalue weighted by atomic mass is 16.4. The summed E-state index contributed by atoms with van der Waals surface area (Å²) in [5, 5.41) is 9.27. The Morgan fingerprint density at radius 1 is 1.28 bits per heavy atom. The summed E-state index contributed by atoms with van der Waals surface area (Å²) < 4.78 is 7.47. The zero-order valence-corrected chi connectivity index (χ0v) is 10.9. The second-order valence-corrected chi connectivity index (χ2v) is 4.33. The van der Waals surface area contributed by atoms with E-state index in [0.717, 1.165) is 11.4 Å². The average molecular weight is 242 g/mol. The lowest BCUT2D eigenvalue weighted by Gasteiger charge is -2.05. The quantitative estimate of drug-likeness (QED) is 0.760. The Hall–Kier alpha value is -2.28. The van der Waals surface area contributed by atoms with Gasteiger partial charge in [0.25, 0.3) is 0 Å². The Bertz CT molecular complexity index is 649. The number of nitrogens with zero attached hydrogens (tertiary/aromatic N) is 2. The van der Waals surface area contributed by atoms with Crippen molar-refractivity contribution in [2.45, 2.75) is 27.7 Å². The molecule has 0 aliphatic carbocycles. The number of ketones is 1. The first-order valence-corrected chi connectivity index (χ1v) is 5.67. The van der Waals surface area contributed by atoms with Crippen molar-refractivity contribution >= 4 is 5.78 Å². The summed E-state index contributed by atoms with van der Waals surface area (Å²) >= 11 is 0. The van der Waals surface area contributed by atoms with Crippen LogP contribution in [0, 0.1) is 32.1 Å². The van der Waals surface area contributed by atoms with Gasteiger partial charge in [-0.05, 0) is 39.8 Å². The Kier molecular flexibility index (Phi) is 2.84. The number of furan rings is 1. The van der Waals surface area contributed by atoms with Crippen molar-refractivity contribution in [3.8, 4) is 12.0 Å². The van der Waals surface area contributed by atoms with E-state index in [1.165, 1.54) is 6.92 Å². The van der Waals surface area contributed by atoms with Gasteiger partial charge in [-0.2, -0.15) is 5.26 Å². The summed E-state index contributed by atoms with van der Waals surface area (Å²) in [6.07, 6.45) is 0. The van der Waals surface area contributed by atoms with Gasteiger partial charge in [0.15, 0.2) is 5.78 Å². The van der Waals surface area contributed by atoms with Crippen LogP contribution in [0.25, 0.3) is 5.88 Å². The van der Waals surface area contributed by atoms with Crippen molar-refractivity contribution in [3.05, 3.63) is 40.4 Å². The van der Waals surface area contributed by atoms with Crippen LogP contribution >= 0.6 is 0 Å². The summed E-state index contributed by atoms with van der Waals surface area (Å²) in [6.45, 7) is 7.01. The average Bonchev–Trinajstić information content (AvgIpc) is 2.79. The normalized spacial score (nSPS) is 10.4. The van der Waals surface area contributed by atoms with E-state index in [1.807, 2.05) is 30.5 Å². The Balaban J connectivity index is 2.79. The van der Waals surface area contributed by atoms with Crippen LogP contribution in [0.4, 0.5) is 0 Å². The van der Waals surface area contributed by atoms with Crippen LogP contribution in [0.3, 0.4) is 0 Å². The van der Waals surface area contributed by atoms with Crippen molar-refractivity contribution in [2.75, 3.05) is 0 Å². The SMILES string of the molecule is CC(=O)c1c(C)oc(-n2c(C)ccc2C)c1C#N. The standard InChI is InChI=1S/C14H14N2O2/c1-8-5-6-9(2)16(8)14-12(7-15)13(10(3)17)11(4)18-14/h5-6H,1-4H3. The van der Waals surface area contributed by atoms with Gasteiger partial charge < -0.3 is 4.42 Å². The first-order chi connectivity index (χ1) is 8.47. The molecule has 0 spiro atoms. The van der Waals surface area contributed by atoms with Gasteiger partial charge in [-0.25, -0.2) is 0 Å². The molecule has 0 aromatic carbocycles. The summed E-state index contributed by atoms with van der Waals surface area (Å²) in [7, 11) is 0. The van der Waals surface area contributed by atoms with Crippen LogP contribution in [0.2, 0.25) is 0 Å². The topological polar surface area (TPSA) is 58.9 Å². The maximum atomic E-state index is 11.6. The number of carbonyl (C=O) groups is 1. The van der Waals surface area contributed by atoms with E-state index in [9.17, 15) is 10.1 Å². The number of rotatable bonds is 2. The third-order valence-corrected chi connectivity index (χ3v) is 3.00.